The number of carbonyl (C=O) groups is 2. The molecule has 0 unspecified atom stereocenters. The van der Waals surface area contributed by atoms with Gasteiger partial charge in [0.15, 0.2) is 0 Å². The van der Waals surface area contributed by atoms with Gasteiger partial charge in [-0.3, -0.25) is 9.59 Å². The topological polar surface area (TPSA) is 83.6 Å². The second kappa shape index (κ2) is 6.17. The van der Waals surface area contributed by atoms with E-state index in [4.69, 9.17) is 10.8 Å². The van der Waals surface area contributed by atoms with Gasteiger partial charge in [0, 0.05) is 12.1 Å². The number of halogens is 1. The molecular formula is C13H17FN2O3. The highest BCUT2D eigenvalue weighted by atomic mass is 19.1. The van der Waals surface area contributed by atoms with Gasteiger partial charge in [0.1, 0.15) is 12.4 Å². The average Bonchev–Trinajstić information content (AvgIpc) is 2.26. The van der Waals surface area contributed by atoms with E-state index in [2.05, 4.69) is 0 Å². The van der Waals surface area contributed by atoms with E-state index in [0.29, 0.717) is 6.54 Å². The minimum absolute atomic E-state index is 0.0565. The van der Waals surface area contributed by atoms with Crippen LogP contribution in [-0.2, 0) is 4.79 Å². The molecule has 0 saturated heterocycles. The Kier molecular flexibility index (Phi) is 4.86. The summed E-state index contributed by atoms with van der Waals surface area (Å²) >= 11 is 0. The monoisotopic (exact) mass is 268 g/mol. The Morgan fingerprint density at radius 3 is 2.47 bits per heavy atom. The smallest absolute Gasteiger partial charge is 0.323 e. The first-order valence-electron chi connectivity index (χ1n) is 5.87. The van der Waals surface area contributed by atoms with Crippen molar-refractivity contribution in [3.8, 4) is 0 Å². The number of anilines is 1. The second-order valence-electron chi connectivity index (χ2n) is 4.70. The van der Waals surface area contributed by atoms with Gasteiger partial charge in [-0.1, -0.05) is 13.8 Å². The lowest BCUT2D eigenvalue weighted by molar-refractivity contribution is -0.135. The largest absolute Gasteiger partial charge is 0.480 e. The summed E-state index contributed by atoms with van der Waals surface area (Å²) in [6, 6.07) is 3.78. The zero-order valence-electron chi connectivity index (χ0n) is 10.9. The maximum atomic E-state index is 13.9. The quantitative estimate of drug-likeness (QED) is 0.818. The molecule has 1 aromatic rings. The second-order valence-corrected chi connectivity index (χ2v) is 4.70. The van der Waals surface area contributed by atoms with Gasteiger partial charge in [0.2, 0.25) is 5.91 Å². The normalized spacial score (nSPS) is 10.5. The minimum atomic E-state index is -1.04. The van der Waals surface area contributed by atoms with Crippen LogP contribution in [0.2, 0.25) is 0 Å². The number of carboxylic acids is 1. The Balaban J connectivity index is 3.07. The third kappa shape index (κ3) is 4.24. The molecule has 0 aliphatic heterocycles. The van der Waals surface area contributed by atoms with Gasteiger partial charge in [0.05, 0.1) is 5.69 Å². The van der Waals surface area contributed by atoms with Crippen LogP contribution in [0.4, 0.5) is 10.1 Å². The summed E-state index contributed by atoms with van der Waals surface area (Å²) in [4.78, 5) is 23.2. The van der Waals surface area contributed by atoms with E-state index in [1.165, 1.54) is 17.0 Å². The maximum Gasteiger partial charge on any atom is 0.323 e. The molecule has 0 aliphatic carbocycles. The van der Waals surface area contributed by atoms with Crippen molar-refractivity contribution in [3.63, 3.8) is 0 Å². The molecule has 0 fully saturated rings. The van der Waals surface area contributed by atoms with Crippen LogP contribution in [0, 0.1) is 11.7 Å². The van der Waals surface area contributed by atoms with Crippen molar-refractivity contribution in [2.75, 3.05) is 18.0 Å². The fraction of sp³-hybridized carbons (Fsp3) is 0.385. The molecule has 0 spiro atoms. The zero-order valence-corrected chi connectivity index (χ0v) is 10.9. The summed E-state index contributed by atoms with van der Waals surface area (Å²) in [5.74, 6) is -2.24. The number of rotatable bonds is 6. The van der Waals surface area contributed by atoms with Gasteiger partial charge < -0.3 is 15.7 Å². The molecule has 3 N–H and O–H groups in total. The van der Waals surface area contributed by atoms with Crippen molar-refractivity contribution in [2.24, 2.45) is 11.7 Å². The average molecular weight is 268 g/mol. The summed E-state index contributed by atoms with van der Waals surface area (Å²) in [7, 11) is 0. The van der Waals surface area contributed by atoms with Crippen LogP contribution in [0.3, 0.4) is 0 Å². The molecule has 0 radical (unpaired) electrons. The van der Waals surface area contributed by atoms with Crippen molar-refractivity contribution in [1.29, 1.82) is 0 Å². The SMILES string of the molecule is CC(C)CN(CC(=O)O)c1ccc(C(N)=O)cc1F. The van der Waals surface area contributed by atoms with Crippen LogP contribution in [0.1, 0.15) is 24.2 Å². The molecule has 1 aromatic carbocycles. The van der Waals surface area contributed by atoms with Crippen LogP contribution in [-0.4, -0.2) is 30.1 Å². The highest BCUT2D eigenvalue weighted by molar-refractivity contribution is 5.93. The first-order valence-corrected chi connectivity index (χ1v) is 5.87. The third-order valence-corrected chi connectivity index (χ3v) is 2.48. The number of nitrogens with two attached hydrogens (primary N) is 1. The fourth-order valence-electron chi connectivity index (χ4n) is 1.77. The summed E-state index contributed by atoms with van der Waals surface area (Å²) in [6.45, 7) is 3.92. The number of carbonyl (C=O) groups excluding carboxylic acids is 1. The summed E-state index contributed by atoms with van der Waals surface area (Å²) in [5, 5.41) is 8.85. The van der Waals surface area contributed by atoms with Crippen LogP contribution < -0.4 is 10.6 Å². The highest BCUT2D eigenvalue weighted by Gasteiger charge is 2.17. The minimum Gasteiger partial charge on any atom is -0.480 e. The Labute approximate surface area is 110 Å². The molecule has 0 atom stereocenters. The van der Waals surface area contributed by atoms with E-state index < -0.39 is 17.7 Å². The van der Waals surface area contributed by atoms with E-state index in [1.54, 1.807) is 0 Å². The van der Waals surface area contributed by atoms with Crippen molar-refractivity contribution < 1.29 is 19.1 Å². The van der Waals surface area contributed by atoms with E-state index in [1.807, 2.05) is 13.8 Å². The fourth-order valence-corrected chi connectivity index (χ4v) is 1.77. The molecule has 0 bridgehead atoms. The third-order valence-electron chi connectivity index (χ3n) is 2.48. The van der Waals surface area contributed by atoms with Crippen LogP contribution in [0.15, 0.2) is 18.2 Å². The van der Waals surface area contributed by atoms with Gasteiger partial charge in [-0.15, -0.1) is 0 Å². The maximum absolute atomic E-state index is 13.9. The number of aliphatic carboxylic acids is 1. The van der Waals surface area contributed by atoms with Gasteiger partial charge in [-0.25, -0.2) is 4.39 Å². The number of nitrogens with zero attached hydrogens (tertiary/aromatic N) is 1. The van der Waals surface area contributed by atoms with Gasteiger partial charge in [0.25, 0.3) is 0 Å². The number of carboxylic acid groups (broad SMARTS) is 1. The Morgan fingerprint density at radius 1 is 1.42 bits per heavy atom. The molecule has 0 saturated carbocycles. The predicted molar refractivity (Wildman–Crippen MR) is 69.6 cm³/mol. The van der Waals surface area contributed by atoms with E-state index in [0.717, 1.165) is 6.07 Å². The molecule has 0 aromatic heterocycles. The number of hydrogen-bond donors (Lipinski definition) is 2. The highest BCUT2D eigenvalue weighted by Crippen LogP contribution is 2.21. The molecule has 0 heterocycles. The van der Waals surface area contributed by atoms with Gasteiger partial charge in [-0.05, 0) is 24.1 Å². The van der Waals surface area contributed by atoms with E-state index >= 15 is 0 Å². The lowest BCUT2D eigenvalue weighted by atomic mass is 10.1. The first kappa shape index (κ1) is 14.9. The Hall–Kier alpha value is -2.11. The van der Waals surface area contributed by atoms with Crippen molar-refractivity contribution in [3.05, 3.63) is 29.6 Å². The molecule has 5 nitrogen and oxygen atoms in total. The Morgan fingerprint density at radius 2 is 2.05 bits per heavy atom. The zero-order chi connectivity index (χ0) is 14.6. The number of primary amides is 1. The molecule has 1 amide bonds. The lowest BCUT2D eigenvalue weighted by Crippen LogP contribution is -2.33. The molecular weight excluding hydrogens is 251 g/mol. The van der Waals surface area contributed by atoms with Crippen LogP contribution >= 0.6 is 0 Å². The van der Waals surface area contributed by atoms with Crippen LogP contribution in [0.25, 0.3) is 0 Å². The predicted octanol–water partition coefficient (Wildman–Crippen LogP) is 1.47. The molecule has 0 aliphatic rings. The van der Waals surface area contributed by atoms with Crippen molar-refractivity contribution in [1.82, 2.24) is 0 Å². The molecule has 19 heavy (non-hydrogen) atoms. The number of hydrogen-bond acceptors (Lipinski definition) is 3. The van der Waals surface area contributed by atoms with E-state index in [-0.39, 0.29) is 23.7 Å². The number of benzene rings is 1. The summed E-state index contributed by atoms with van der Waals surface area (Å²) < 4.78 is 13.9. The van der Waals surface area contributed by atoms with Gasteiger partial charge in [-0.2, -0.15) is 0 Å². The number of amides is 1. The standard InChI is InChI=1S/C13H17FN2O3/c1-8(2)6-16(7-12(17)18)11-4-3-9(13(15)19)5-10(11)14/h3-5,8H,6-7H2,1-2H3,(H2,15,19)(H,17,18). The molecule has 104 valence electrons. The van der Waals surface area contributed by atoms with E-state index in [9.17, 15) is 14.0 Å². The van der Waals surface area contributed by atoms with Gasteiger partial charge >= 0.3 is 5.97 Å². The Bertz CT molecular complexity index is 489. The van der Waals surface area contributed by atoms with Crippen molar-refractivity contribution in [2.45, 2.75) is 13.8 Å². The molecule has 1 rings (SSSR count). The van der Waals surface area contributed by atoms with Crippen LogP contribution in [0.5, 0.6) is 0 Å². The van der Waals surface area contributed by atoms with Crippen molar-refractivity contribution >= 4 is 17.6 Å². The first-order chi connectivity index (χ1) is 8.81. The molecule has 6 heteroatoms. The lowest BCUT2D eigenvalue weighted by Gasteiger charge is -2.25. The summed E-state index contributed by atoms with van der Waals surface area (Å²) in [6.07, 6.45) is 0. The summed E-state index contributed by atoms with van der Waals surface area (Å²) in [5.41, 5.74) is 5.27.